The monoisotopic (exact) mass is 347 g/mol. The third kappa shape index (κ3) is 5.56. The lowest BCUT2D eigenvalue weighted by Gasteiger charge is -2.32. The number of rotatable bonds is 7. The Balaban J connectivity index is 1.29. The average Bonchev–Trinajstić information content (AvgIpc) is 3.32. The van der Waals surface area contributed by atoms with Crippen molar-refractivity contribution in [1.82, 2.24) is 15.1 Å². The lowest BCUT2D eigenvalue weighted by atomic mass is 9.95. The van der Waals surface area contributed by atoms with Crippen LogP contribution in [0.4, 0.5) is 0 Å². The molecule has 0 bridgehead atoms. The molecule has 0 radical (unpaired) electrons. The number of piperidine rings is 1. The molecule has 0 aromatic carbocycles. The number of nitrogens with zero attached hydrogens (tertiary/aromatic N) is 2. The van der Waals surface area contributed by atoms with Crippen LogP contribution in [0.2, 0.25) is 0 Å². The van der Waals surface area contributed by atoms with Gasteiger partial charge in [0.15, 0.2) is 0 Å². The standard InChI is InChI=1S/C20H33N3O2/c24-19(16-17-6-1-2-7-17)23-14-8-18(9-15-23)20(25)21-10-5-13-22-11-3-4-12-22/h1,6,17-18H,2-5,7-16H2,(H,21,25). The molecule has 2 aliphatic heterocycles. The minimum atomic E-state index is 0.0854. The molecule has 2 saturated heterocycles. The van der Waals surface area contributed by atoms with E-state index in [1.807, 2.05) is 4.90 Å². The van der Waals surface area contributed by atoms with Gasteiger partial charge in [0.1, 0.15) is 0 Å². The molecule has 140 valence electrons. The number of allylic oxidation sites excluding steroid dienone is 2. The molecule has 1 aliphatic carbocycles. The second kappa shape index (κ2) is 9.37. The summed E-state index contributed by atoms with van der Waals surface area (Å²) in [6.07, 6.45) is 12.5. The predicted molar refractivity (Wildman–Crippen MR) is 99.1 cm³/mol. The summed E-state index contributed by atoms with van der Waals surface area (Å²) in [7, 11) is 0. The zero-order valence-corrected chi connectivity index (χ0v) is 15.4. The fourth-order valence-corrected chi connectivity index (χ4v) is 4.27. The van der Waals surface area contributed by atoms with E-state index >= 15 is 0 Å². The van der Waals surface area contributed by atoms with Crippen LogP contribution in [0.25, 0.3) is 0 Å². The van der Waals surface area contributed by atoms with Gasteiger partial charge in [-0.25, -0.2) is 0 Å². The molecule has 25 heavy (non-hydrogen) atoms. The molecule has 5 heteroatoms. The number of carbonyl (C=O) groups is 2. The third-order valence-corrected chi connectivity index (χ3v) is 5.92. The summed E-state index contributed by atoms with van der Waals surface area (Å²) in [5, 5.41) is 3.10. The molecule has 0 spiro atoms. The molecule has 1 N–H and O–H groups in total. The van der Waals surface area contributed by atoms with Gasteiger partial charge in [0.05, 0.1) is 0 Å². The van der Waals surface area contributed by atoms with E-state index in [1.54, 1.807) is 0 Å². The molecule has 0 aromatic rings. The first-order valence-corrected chi connectivity index (χ1v) is 10.2. The predicted octanol–water partition coefficient (Wildman–Crippen LogP) is 2.18. The van der Waals surface area contributed by atoms with Gasteiger partial charge in [-0.1, -0.05) is 12.2 Å². The van der Waals surface area contributed by atoms with Crippen molar-refractivity contribution >= 4 is 11.8 Å². The maximum atomic E-state index is 12.4. The molecule has 1 unspecified atom stereocenters. The molecule has 0 saturated carbocycles. The Morgan fingerprint density at radius 1 is 1.04 bits per heavy atom. The number of likely N-dealkylation sites (tertiary alicyclic amines) is 2. The van der Waals surface area contributed by atoms with Gasteiger partial charge >= 0.3 is 0 Å². The number of carbonyl (C=O) groups excluding carboxylic acids is 2. The highest BCUT2D eigenvalue weighted by Gasteiger charge is 2.28. The summed E-state index contributed by atoms with van der Waals surface area (Å²) in [6, 6.07) is 0. The first kappa shape index (κ1) is 18.4. The van der Waals surface area contributed by atoms with Gasteiger partial charge < -0.3 is 15.1 Å². The zero-order chi connectivity index (χ0) is 17.5. The largest absolute Gasteiger partial charge is 0.356 e. The summed E-state index contributed by atoms with van der Waals surface area (Å²) < 4.78 is 0. The van der Waals surface area contributed by atoms with Crippen LogP contribution in [-0.4, -0.2) is 60.9 Å². The van der Waals surface area contributed by atoms with Crippen molar-refractivity contribution in [2.75, 3.05) is 39.3 Å². The van der Waals surface area contributed by atoms with Crippen molar-refractivity contribution in [2.24, 2.45) is 11.8 Å². The average molecular weight is 348 g/mol. The van der Waals surface area contributed by atoms with Gasteiger partial charge in [-0.3, -0.25) is 9.59 Å². The first-order chi connectivity index (χ1) is 12.2. The van der Waals surface area contributed by atoms with Gasteiger partial charge in [-0.15, -0.1) is 0 Å². The number of nitrogens with one attached hydrogen (secondary N) is 1. The van der Waals surface area contributed by atoms with Crippen molar-refractivity contribution in [3.05, 3.63) is 12.2 Å². The second-order valence-corrected chi connectivity index (χ2v) is 7.82. The molecular formula is C20H33N3O2. The highest BCUT2D eigenvalue weighted by molar-refractivity contribution is 5.80. The summed E-state index contributed by atoms with van der Waals surface area (Å²) in [4.78, 5) is 29.1. The van der Waals surface area contributed by atoms with E-state index in [2.05, 4.69) is 22.4 Å². The van der Waals surface area contributed by atoms with Crippen LogP contribution < -0.4 is 5.32 Å². The van der Waals surface area contributed by atoms with Gasteiger partial charge in [-0.2, -0.15) is 0 Å². The Morgan fingerprint density at radius 2 is 1.80 bits per heavy atom. The molecule has 1 atom stereocenters. The SMILES string of the molecule is O=C(NCCCN1CCCC1)C1CCN(C(=O)CC2C=CCC2)CC1. The van der Waals surface area contributed by atoms with Crippen LogP contribution in [-0.2, 0) is 9.59 Å². The normalized spacial score (nSPS) is 24.8. The second-order valence-electron chi connectivity index (χ2n) is 7.82. The lowest BCUT2D eigenvalue weighted by Crippen LogP contribution is -2.43. The summed E-state index contributed by atoms with van der Waals surface area (Å²) in [6.45, 7) is 5.79. The molecule has 5 nitrogen and oxygen atoms in total. The first-order valence-electron chi connectivity index (χ1n) is 10.2. The van der Waals surface area contributed by atoms with Crippen LogP contribution in [0, 0.1) is 11.8 Å². The fourth-order valence-electron chi connectivity index (χ4n) is 4.27. The van der Waals surface area contributed by atoms with Crippen LogP contribution in [0.1, 0.15) is 51.4 Å². The van der Waals surface area contributed by atoms with Crippen LogP contribution in [0.3, 0.4) is 0 Å². The van der Waals surface area contributed by atoms with Crippen molar-refractivity contribution in [2.45, 2.75) is 51.4 Å². The molecule has 0 aromatic heterocycles. The molecular weight excluding hydrogens is 314 g/mol. The highest BCUT2D eigenvalue weighted by atomic mass is 16.2. The lowest BCUT2D eigenvalue weighted by molar-refractivity contribution is -0.136. The van der Waals surface area contributed by atoms with Crippen LogP contribution in [0.15, 0.2) is 12.2 Å². The van der Waals surface area contributed by atoms with Crippen molar-refractivity contribution in [1.29, 1.82) is 0 Å². The van der Waals surface area contributed by atoms with E-state index in [-0.39, 0.29) is 17.7 Å². The quantitative estimate of drug-likeness (QED) is 0.567. The number of amides is 2. The number of hydrogen-bond donors (Lipinski definition) is 1. The Morgan fingerprint density at radius 3 is 2.48 bits per heavy atom. The molecule has 2 fully saturated rings. The minimum Gasteiger partial charge on any atom is -0.356 e. The molecule has 3 rings (SSSR count). The van der Waals surface area contributed by atoms with E-state index in [9.17, 15) is 9.59 Å². The minimum absolute atomic E-state index is 0.0854. The summed E-state index contributed by atoms with van der Waals surface area (Å²) in [5.41, 5.74) is 0. The number of hydrogen-bond acceptors (Lipinski definition) is 3. The van der Waals surface area contributed by atoms with Gasteiger partial charge in [0.2, 0.25) is 11.8 Å². The fraction of sp³-hybridized carbons (Fsp3) is 0.800. The zero-order valence-electron chi connectivity index (χ0n) is 15.4. The maximum absolute atomic E-state index is 12.4. The van der Waals surface area contributed by atoms with Crippen LogP contribution >= 0.6 is 0 Å². The Hall–Kier alpha value is -1.36. The van der Waals surface area contributed by atoms with Gasteiger partial charge in [-0.05, 0) is 70.5 Å². The Kier molecular flexibility index (Phi) is 6.91. The van der Waals surface area contributed by atoms with E-state index in [4.69, 9.17) is 0 Å². The third-order valence-electron chi connectivity index (χ3n) is 5.92. The molecule has 2 amide bonds. The summed E-state index contributed by atoms with van der Waals surface area (Å²) in [5.74, 6) is 0.972. The Bertz CT molecular complexity index is 477. The van der Waals surface area contributed by atoms with Crippen LogP contribution in [0.5, 0.6) is 0 Å². The van der Waals surface area contributed by atoms with E-state index < -0.39 is 0 Å². The molecule has 3 aliphatic rings. The maximum Gasteiger partial charge on any atom is 0.223 e. The van der Waals surface area contributed by atoms with E-state index in [0.29, 0.717) is 12.3 Å². The smallest absolute Gasteiger partial charge is 0.223 e. The van der Waals surface area contributed by atoms with Crippen molar-refractivity contribution in [3.63, 3.8) is 0 Å². The summed E-state index contributed by atoms with van der Waals surface area (Å²) >= 11 is 0. The van der Waals surface area contributed by atoms with E-state index in [0.717, 1.165) is 58.3 Å². The van der Waals surface area contributed by atoms with Crippen molar-refractivity contribution < 1.29 is 9.59 Å². The Labute approximate surface area is 151 Å². The van der Waals surface area contributed by atoms with Crippen molar-refractivity contribution in [3.8, 4) is 0 Å². The topological polar surface area (TPSA) is 52.7 Å². The van der Waals surface area contributed by atoms with Gasteiger partial charge in [0, 0.05) is 32.0 Å². The molecule has 2 heterocycles. The van der Waals surface area contributed by atoms with E-state index in [1.165, 1.54) is 25.9 Å². The highest BCUT2D eigenvalue weighted by Crippen LogP contribution is 2.23. The van der Waals surface area contributed by atoms with Gasteiger partial charge in [0.25, 0.3) is 0 Å².